The van der Waals surface area contributed by atoms with Crippen molar-refractivity contribution in [3.63, 3.8) is 0 Å². The number of nitrogens with zero attached hydrogens (tertiary/aromatic N) is 2. The van der Waals surface area contributed by atoms with Crippen molar-refractivity contribution < 1.29 is 4.79 Å². The molecule has 0 radical (unpaired) electrons. The number of carbonyl (C=O) groups is 1. The van der Waals surface area contributed by atoms with Crippen LogP contribution < -0.4 is 5.32 Å². The molecule has 1 aromatic carbocycles. The summed E-state index contributed by atoms with van der Waals surface area (Å²) < 4.78 is 0. The molecule has 86 valence electrons. The molecule has 2 rings (SSSR count). The summed E-state index contributed by atoms with van der Waals surface area (Å²) >= 11 is 0. The zero-order chi connectivity index (χ0) is 12.1. The molecule has 0 spiro atoms. The van der Waals surface area contributed by atoms with E-state index in [1.54, 1.807) is 12.1 Å². The van der Waals surface area contributed by atoms with Gasteiger partial charge >= 0.3 is 0 Å². The number of hydrogen-bond acceptors (Lipinski definition) is 3. The van der Waals surface area contributed by atoms with Crippen molar-refractivity contribution in [2.24, 2.45) is 0 Å². The Morgan fingerprint density at radius 1 is 1.18 bits per heavy atom. The van der Waals surface area contributed by atoms with Crippen LogP contribution in [0.2, 0.25) is 0 Å². The number of aromatic nitrogens is 2. The minimum atomic E-state index is -0.213. The molecule has 0 saturated carbocycles. The Hall–Kier alpha value is -2.23. The van der Waals surface area contributed by atoms with E-state index in [9.17, 15) is 4.79 Å². The van der Waals surface area contributed by atoms with Crippen molar-refractivity contribution in [3.05, 3.63) is 59.9 Å². The SMILES string of the molecule is CC(NC(=O)c1cccnn1)c1ccccc1. The first-order valence-electron chi connectivity index (χ1n) is 5.41. The number of nitrogens with one attached hydrogen (secondary N) is 1. The molecule has 0 saturated heterocycles. The smallest absolute Gasteiger partial charge is 0.272 e. The summed E-state index contributed by atoms with van der Waals surface area (Å²) in [5, 5.41) is 10.3. The van der Waals surface area contributed by atoms with Gasteiger partial charge in [0.25, 0.3) is 5.91 Å². The summed E-state index contributed by atoms with van der Waals surface area (Å²) in [6, 6.07) is 13.1. The van der Waals surface area contributed by atoms with Crippen LogP contribution >= 0.6 is 0 Å². The predicted molar refractivity (Wildman–Crippen MR) is 64.4 cm³/mol. The Kier molecular flexibility index (Phi) is 3.45. The van der Waals surface area contributed by atoms with E-state index in [-0.39, 0.29) is 11.9 Å². The van der Waals surface area contributed by atoms with Crippen LogP contribution in [0.5, 0.6) is 0 Å². The quantitative estimate of drug-likeness (QED) is 0.872. The number of rotatable bonds is 3. The molecule has 0 aliphatic carbocycles. The molecule has 1 N–H and O–H groups in total. The van der Waals surface area contributed by atoms with Crippen molar-refractivity contribution in [1.29, 1.82) is 0 Å². The molecule has 2 aromatic rings. The molecule has 1 unspecified atom stereocenters. The normalized spacial score (nSPS) is 11.8. The summed E-state index contributed by atoms with van der Waals surface area (Å²) in [4.78, 5) is 11.8. The molecule has 1 aromatic heterocycles. The number of carbonyl (C=O) groups excluding carboxylic acids is 1. The summed E-state index contributed by atoms with van der Waals surface area (Å²) in [5.74, 6) is -0.213. The first-order chi connectivity index (χ1) is 8.27. The van der Waals surface area contributed by atoms with Gasteiger partial charge in [0.2, 0.25) is 0 Å². The van der Waals surface area contributed by atoms with Gasteiger partial charge in [0.15, 0.2) is 5.69 Å². The van der Waals surface area contributed by atoms with Gasteiger partial charge in [-0.1, -0.05) is 30.3 Å². The monoisotopic (exact) mass is 227 g/mol. The first-order valence-corrected chi connectivity index (χ1v) is 5.41. The van der Waals surface area contributed by atoms with Crippen molar-refractivity contribution in [2.45, 2.75) is 13.0 Å². The molecular formula is C13H13N3O. The second-order valence-electron chi connectivity index (χ2n) is 3.71. The Bertz CT molecular complexity index is 485. The third-order valence-corrected chi connectivity index (χ3v) is 2.45. The lowest BCUT2D eigenvalue weighted by atomic mass is 10.1. The molecule has 1 heterocycles. The zero-order valence-electron chi connectivity index (χ0n) is 9.50. The van der Waals surface area contributed by atoms with Gasteiger partial charge in [0, 0.05) is 6.20 Å². The van der Waals surface area contributed by atoms with Crippen molar-refractivity contribution in [3.8, 4) is 0 Å². The second-order valence-corrected chi connectivity index (χ2v) is 3.71. The summed E-state index contributed by atoms with van der Waals surface area (Å²) in [7, 11) is 0. The lowest BCUT2D eigenvalue weighted by molar-refractivity contribution is 0.0934. The van der Waals surface area contributed by atoms with E-state index in [1.807, 2.05) is 37.3 Å². The highest BCUT2D eigenvalue weighted by atomic mass is 16.2. The molecule has 4 nitrogen and oxygen atoms in total. The maximum absolute atomic E-state index is 11.8. The lowest BCUT2D eigenvalue weighted by Gasteiger charge is -2.13. The van der Waals surface area contributed by atoms with Gasteiger partial charge in [-0.25, -0.2) is 0 Å². The van der Waals surface area contributed by atoms with Crippen LogP contribution in [0.15, 0.2) is 48.7 Å². The van der Waals surface area contributed by atoms with Crippen LogP contribution in [0.3, 0.4) is 0 Å². The predicted octanol–water partition coefficient (Wildman–Crippen LogP) is 1.97. The standard InChI is InChI=1S/C13H13N3O/c1-10(11-6-3-2-4-7-11)15-13(17)12-8-5-9-14-16-12/h2-10H,1H3,(H,15,17). The fourth-order valence-corrected chi connectivity index (χ4v) is 1.52. The molecule has 0 bridgehead atoms. The molecule has 0 aliphatic rings. The van der Waals surface area contributed by atoms with Gasteiger partial charge in [-0.2, -0.15) is 5.10 Å². The summed E-state index contributed by atoms with van der Waals surface area (Å²) in [6.07, 6.45) is 1.54. The maximum Gasteiger partial charge on any atom is 0.272 e. The Balaban J connectivity index is 2.05. The van der Waals surface area contributed by atoms with Gasteiger partial charge in [-0.05, 0) is 24.6 Å². The third kappa shape index (κ3) is 2.87. The van der Waals surface area contributed by atoms with Crippen LogP contribution in [0.1, 0.15) is 29.0 Å². The number of benzene rings is 1. The maximum atomic E-state index is 11.8. The molecular weight excluding hydrogens is 214 g/mol. The van der Waals surface area contributed by atoms with E-state index < -0.39 is 0 Å². The topological polar surface area (TPSA) is 54.9 Å². The molecule has 0 fully saturated rings. The minimum Gasteiger partial charge on any atom is -0.344 e. The minimum absolute atomic E-state index is 0.0503. The van der Waals surface area contributed by atoms with Crippen molar-refractivity contribution in [1.82, 2.24) is 15.5 Å². The van der Waals surface area contributed by atoms with E-state index >= 15 is 0 Å². The van der Waals surface area contributed by atoms with Crippen LogP contribution in [0.4, 0.5) is 0 Å². The fourth-order valence-electron chi connectivity index (χ4n) is 1.52. The average Bonchev–Trinajstić information content (AvgIpc) is 2.40. The molecule has 1 atom stereocenters. The molecule has 4 heteroatoms. The van der Waals surface area contributed by atoms with Gasteiger partial charge < -0.3 is 5.32 Å². The Morgan fingerprint density at radius 3 is 2.59 bits per heavy atom. The third-order valence-electron chi connectivity index (χ3n) is 2.45. The summed E-state index contributed by atoms with van der Waals surface area (Å²) in [6.45, 7) is 1.93. The van der Waals surface area contributed by atoms with Gasteiger partial charge in [-0.3, -0.25) is 4.79 Å². The van der Waals surface area contributed by atoms with Crippen molar-refractivity contribution in [2.75, 3.05) is 0 Å². The highest BCUT2D eigenvalue weighted by Gasteiger charge is 2.11. The zero-order valence-corrected chi connectivity index (χ0v) is 9.50. The summed E-state index contributed by atoms with van der Waals surface area (Å²) in [5.41, 5.74) is 1.39. The van der Waals surface area contributed by atoms with E-state index in [4.69, 9.17) is 0 Å². The highest BCUT2D eigenvalue weighted by molar-refractivity contribution is 5.92. The highest BCUT2D eigenvalue weighted by Crippen LogP contribution is 2.11. The first kappa shape index (κ1) is 11.3. The number of amides is 1. The van der Waals surface area contributed by atoms with Crippen LogP contribution in [0, 0.1) is 0 Å². The van der Waals surface area contributed by atoms with Gasteiger partial charge in [0.1, 0.15) is 0 Å². The Morgan fingerprint density at radius 2 is 1.94 bits per heavy atom. The molecule has 0 aliphatic heterocycles. The van der Waals surface area contributed by atoms with Crippen LogP contribution in [-0.2, 0) is 0 Å². The van der Waals surface area contributed by atoms with Crippen LogP contribution in [0.25, 0.3) is 0 Å². The van der Waals surface area contributed by atoms with E-state index in [2.05, 4.69) is 15.5 Å². The van der Waals surface area contributed by atoms with E-state index in [0.29, 0.717) is 5.69 Å². The number of hydrogen-bond donors (Lipinski definition) is 1. The Labute approximate surface area is 99.7 Å². The average molecular weight is 227 g/mol. The van der Waals surface area contributed by atoms with E-state index in [0.717, 1.165) is 5.56 Å². The largest absolute Gasteiger partial charge is 0.344 e. The fraction of sp³-hybridized carbons (Fsp3) is 0.154. The lowest BCUT2D eigenvalue weighted by Crippen LogP contribution is -2.27. The van der Waals surface area contributed by atoms with E-state index in [1.165, 1.54) is 6.20 Å². The van der Waals surface area contributed by atoms with Crippen molar-refractivity contribution >= 4 is 5.91 Å². The molecule has 17 heavy (non-hydrogen) atoms. The van der Waals surface area contributed by atoms with Gasteiger partial charge in [0.05, 0.1) is 6.04 Å². The molecule has 1 amide bonds. The second kappa shape index (κ2) is 5.21. The van der Waals surface area contributed by atoms with Crippen LogP contribution in [-0.4, -0.2) is 16.1 Å². The van der Waals surface area contributed by atoms with Gasteiger partial charge in [-0.15, -0.1) is 5.10 Å².